The van der Waals surface area contributed by atoms with E-state index in [-0.39, 0.29) is 28.5 Å². The molecule has 9 heteroatoms. The second-order valence-corrected chi connectivity index (χ2v) is 7.11. The molecule has 0 radical (unpaired) electrons. The lowest BCUT2D eigenvalue weighted by molar-refractivity contribution is -0.139. The van der Waals surface area contributed by atoms with Crippen molar-refractivity contribution >= 4 is 21.7 Å². The molecule has 4 aromatic rings. The molecule has 2 aromatic carbocycles. The number of benzene rings is 2. The van der Waals surface area contributed by atoms with Gasteiger partial charge in [0.05, 0.1) is 5.56 Å². The summed E-state index contributed by atoms with van der Waals surface area (Å²) in [6.07, 6.45) is -4.35. The van der Waals surface area contributed by atoms with Crippen molar-refractivity contribution in [2.75, 3.05) is 0 Å². The average Bonchev–Trinajstić information content (AvgIpc) is 3.13. The molecule has 0 spiro atoms. The molecule has 0 aliphatic heterocycles. The number of aromatic nitrogens is 3. The molecule has 29 heavy (non-hydrogen) atoms. The number of phenolic OH excluding ortho intramolecular Hbond substituents is 1. The summed E-state index contributed by atoms with van der Waals surface area (Å²) in [6.45, 7) is 0.0998. The molecule has 2 aromatic heterocycles. The first-order valence-electron chi connectivity index (χ1n) is 8.66. The SMILES string of the molecule is O=c1c2c(C(F)(F)F)nsc2nc(-c2ccccc2O)n1CCc1ccccc1. The van der Waals surface area contributed by atoms with Crippen molar-refractivity contribution in [3.8, 4) is 17.1 Å². The van der Waals surface area contributed by atoms with E-state index in [1.807, 2.05) is 30.3 Å². The van der Waals surface area contributed by atoms with Crippen LogP contribution in [0.2, 0.25) is 0 Å². The number of phenols is 1. The summed E-state index contributed by atoms with van der Waals surface area (Å²) in [5, 5.41) is 9.68. The Morgan fingerprint density at radius 2 is 1.72 bits per heavy atom. The quantitative estimate of drug-likeness (QED) is 0.531. The maximum Gasteiger partial charge on any atom is 0.435 e. The summed E-state index contributed by atoms with van der Waals surface area (Å²) >= 11 is 0.517. The van der Waals surface area contributed by atoms with E-state index in [0.29, 0.717) is 18.0 Å². The summed E-state index contributed by atoms with van der Waals surface area (Å²) in [5.74, 6) is -0.0123. The lowest BCUT2D eigenvalue weighted by Crippen LogP contribution is -2.25. The molecule has 4 rings (SSSR count). The molecule has 0 bridgehead atoms. The number of aromatic hydroxyl groups is 1. The smallest absolute Gasteiger partial charge is 0.435 e. The number of halogens is 3. The lowest BCUT2D eigenvalue weighted by Gasteiger charge is -2.14. The largest absolute Gasteiger partial charge is 0.507 e. The van der Waals surface area contributed by atoms with Gasteiger partial charge in [0, 0.05) is 6.54 Å². The van der Waals surface area contributed by atoms with Gasteiger partial charge in [-0.1, -0.05) is 42.5 Å². The number of para-hydroxylation sites is 1. The van der Waals surface area contributed by atoms with Gasteiger partial charge in [-0.15, -0.1) is 0 Å². The first-order valence-corrected chi connectivity index (χ1v) is 9.43. The highest BCUT2D eigenvalue weighted by Gasteiger charge is 2.38. The molecule has 0 amide bonds. The summed E-state index contributed by atoms with van der Waals surface area (Å²) in [4.78, 5) is 17.2. The van der Waals surface area contributed by atoms with Gasteiger partial charge < -0.3 is 5.11 Å². The third-order valence-electron chi connectivity index (χ3n) is 4.48. The molecule has 0 unspecified atom stereocenters. The van der Waals surface area contributed by atoms with E-state index in [1.54, 1.807) is 18.2 Å². The molecule has 0 fully saturated rings. The van der Waals surface area contributed by atoms with E-state index in [1.165, 1.54) is 10.6 Å². The van der Waals surface area contributed by atoms with Crippen LogP contribution in [-0.2, 0) is 19.1 Å². The minimum absolute atomic E-state index is 0.0998. The molecule has 0 saturated carbocycles. The van der Waals surface area contributed by atoms with Crippen LogP contribution in [-0.4, -0.2) is 19.0 Å². The van der Waals surface area contributed by atoms with E-state index in [0.717, 1.165) is 5.56 Å². The Morgan fingerprint density at radius 1 is 1.03 bits per heavy atom. The Morgan fingerprint density at radius 3 is 2.41 bits per heavy atom. The van der Waals surface area contributed by atoms with E-state index >= 15 is 0 Å². The Kier molecular flexibility index (Phi) is 4.83. The number of nitrogens with zero attached hydrogens (tertiary/aromatic N) is 3. The van der Waals surface area contributed by atoms with Crippen LogP contribution in [0.15, 0.2) is 59.4 Å². The fourth-order valence-corrected chi connectivity index (χ4v) is 3.87. The van der Waals surface area contributed by atoms with Gasteiger partial charge in [-0.3, -0.25) is 9.36 Å². The summed E-state index contributed by atoms with van der Waals surface area (Å²) in [5.41, 5.74) is -0.874. The highest BCUT2D eigenvalue weighted by atomic mass is 32.1. The zero-order valence-electron chi connectivity index (χ0n) is 14.8. The van der Waals surface area contributed by atoms with Gasteiger partial charge in [0.1, 0.15) is 17.0 Å². The molecule has 1 N–H and O–H groups in total. The zero-order chi connectivity index (χ0) is 20.6. The Labute approximate surface area is 166 Å². The highest BCUT2D eigenvalue weighted by molar-refractivity contribution is 7.12. The Balaban J connectivity index is 1.93. The standard InChI is InChI=1S/C20H14F3N3O2S/c21-20(22,23)16-15-18(29-25-16)24-17(13-8-4-5-9-14(13)27)26(19(15)28)11-10-12-6-2-1-3-7-12/h1-9,27H,10-11H2. The van der Waals surface area contributed by atoms with Gasteiger partial charge in [-0.05, 0) is 35.6 Å². The van der Waals surface area contributed by atoms with Crippen LogP contribution in [0.4, 0.5) is 13.2 Å². The van der Waals surface area contributed by atoms with Crippen molar-refractivity contribution in [1.82, 2.24) is 13.9 Å². The number of fused-ring (bicyclic) bond motifs is 1. The minimum Gasteiger partial charge on any atom is -0.507 e. The van der Waals surface area contributed by atoms with Crippen LogP contribution in [0.25, 0.3) is 21.6 Å². The van der Waals surface area contributed by atoms with Crippen LogP contribution in [0.3, 0.4) is 0 Å². The van der Waals surface area contributed by atoms with E-state index in [2.05, 4.69) is 9.36 Å². The van der Waals surface area contributed by atoms with Crippen molar-refractivity contribution in [3.63, 3.8) is 0 Å². The maximum atomic E-state index is 13.3. The summed E-state index contributed by atoms with van der Waals surface area (Å²) < 4.78 is 44.6. The number of aryl methyl sites for hydroxylation is 1. The predicted molar refractivity (Wildman–Crippen MR) is 104 cm³/mol. The van der Waals surface area contributed by atoms with Crippen LogP contribution < -0.4 is 5.56 Å². The van der Waals surface area contributed by atoms with Gasteiger partial charge in [-0.25, -0.2) is 4.98 Å². The molecule has 0 aliphatic carbocycles. The molecule has 148 valence electrons. The van der Waals surface area contributed by atoms with Crippen molar-refractivity contribution in [1.29, 1.82) is 0 Å². The number of rotatable bonds is 4. The van der Waals surface area contributed by atoms with Gasteiger partial charge in [-0.2, -0.15) is 17.5 Å². The molecule has 5 nitrogen and oxygen atoms in total. The lowest BCUT2D eigenvalue weighted by atomic mass is 10.1. The minimum atomic E-state index is -4.76. The Bertz CT molecular complexity index is 1230. The molecule has 2 heterocycles. The second-order valence-electron chi connectivity index (χ2n) is 6.35. The summed E-state index contributed by atoms with van der Waals surface area (Å²) in [7, 11) is 0. The number of alkyl halides is 3. The Hall–Kier alpha value is -3.20. The fourth-order valence-electron chi connectivity index (χ4n) is 3.09. The first-order chi connectivity index (χ1) is 13.9. The van der Waals surface area contributed by atoms with E-state index in [9.17, 15) is 23.1 Å². The zero-order valence-corrected chi connectivity index (χ0v) is 15.7. The van der Waals surface area contributed by atoms with Crippen molar-refractivity contribution in [2.45, 2.75) is 19.1 Å². The third kappa shape index (κ3) is 3.61. The molecular formula is C20H14F3N3O2S. The van der Waals surface area contributed by atoms with E-state index in [4.69, 9.17) is 0 Å². The third-order valence-corrected chi connectivity index (χ3v) is 5.22. The average molecular weight is 417 g/mol. The van der Waals surface area contributed by atoms with Gasteiger partial charge in [0.25, 0.3) is 5.56 Å². The van der Waals surface area contributed by atoms with Gasteiger partial charge in [0.15, 0.2) is 10.5 Å². The number of hydrogen-bond donors (Lipinski definition) is 1. The molecule has 0 atom stereocenters. The predicted octanol–water partition coefficient (Wildman–Crippen LogP) is 4.49. The maximum absolute atomic E-state index is 13.3. The monoisotopic (exact) mass is 417 g/mol. The fraction of sp³-hybridized carbons (Fsp3) is 0.150. The van der Waals surface area contributed by atoms with Crippen LogP contribution in [0.1, 0.15) is 11.3 Å². The van der Waals surface area contributed by atoms with Gasteiger partial charge >= 0.3 is 6.18 Å². The topological polar surface area (TPSA) is 68.0 Å². The molecule has 0 aliphatic rings. The molecule has 0 saturated heterocycles. The van der Waals surface area contributed by atoms with Crippen LogP contribution in [0.5, 0.6) is 5.75 Å². The van der Waals surface area contributed by atoms with Gasteiger partial charge in [0.2, 0.25) is 0 Å². The highest BCUT2D eigenvalue weighted by Crippen LogP contribution is 2.35. The normalized spacial score (nSPS) is 11.8. The van der Waals surface area contributed by atoms with Crippen molar-refractivity contribution < 1.29 is 18.3 Å². The van der Waals surface area contributed by atoms with Crippen LogP contribution >= 0.6 is 11.5 Å². The van der Waals surface area contributed by atoms with Crippen molar-refractivity contribution in [2.24, 2.45) is 0 Å². The molecular weight excluding hydrogens is 403 g/mol. The van der Waals surface area contributed by atoms with Crippen LogP contribution in [0, 0.1) is 0 Å². The van der Waals surface area contributed by atoms with E-state index < -0.39 is 22.8 Å². The first kappa shape index (κ1) is 19.1. The number of hydrogen-bond acceptors (Lipinski definition) is 5. The van der Waals surface area contributed by atoms with Crippen molar-refractivity contribution in [3.05, 3.63) is 76.2 Å². The second kappa shape index (κ2) is 7.32. The summed E-state index contributed by atoms with van der Waals surface area (Å²) in [6, 6.07) is 15.5.